The highest BCUT2D eigenvalue weighted by molar-refractivity contribution is 6.40. The minimum atomic E-state index is -0.917. The lowest BCUT2D eigenvalue weighted by Crippen LogP contribution is -2.07. The largest absolute Gasteiger partial charge is 0.360 e. The van der Waals surface area contributed by atoms with Crippen molar-refractivity contribution in [2.24, 2.45) is 0 Å². The maximum Gasteiger partial charge on any atom is 0.201 e. The van der Waals surface area contributed by atoms with Crippen LogP contribution >= 0.6 is 23.2 Å². The number of rotatable bonds is 2. The normalized spacial score (nSPS) is 11.0. The predicted octanol–water partition coefficient (Wildman–Crippen LogP) is 4.98. The smallest absolute Gasteiger partial charge is 0.201 e. The van der Waals surface area contributed by atoms with E-state index in [9.17, 15) is 13.6 Å². The van der Waals surface area contributed by atoms with Crippen molar-refractivity contribution in [2.75, 3.05) is 0 Å². The van der Waals surface area contributed by atoms with Gasteiger partial charge in [-0.05, 0) is 24.3 Å². The first-order chi connectivity index (χ1) is 9.99. The molecule has 0 radical (unpaired) electrons. The maximum absolute atomic E-state index is 13.7. The second-order valence-electron chi connectivity index (χ2n) is 4.44. The van der Waals surface area contributed by atoms with Crippen LogP contribution in [-0.2, 0) is 0 Å². The number of H-pyrrole nitrogens is 1. The standard InChI is InChI=1S/C15H7Cl2F2NO/c16-7-4-9(17)13-8(6-20-12(13)5-7)15(21)14-10(18)2-1-3-11(14)19/h1-6,20H. The molecule has 1 heterocycles. The second-order valence-corrected chi connectivity index (χ2v) is 5.28. The minimum absolute atomic E-state index is 0.0932. The highest BCUT2D eigenvalue weighted by Crippen LogP contribution is 2.32. The van der Waals surface area contributed by atoms with Gasteiger partial charge in [-0.15, -0.1) is 0 Å². The van der Waals surface area contributed by atoms with E-state index in [1.807, 2.05) is 0 Å². The number of carbonyl (C=O) groups is 1. The number of hydrogen-bond donors (Lipinski definition) is 1. The van der Waals surface area contributed by atoms with E-state index in [2.05, 4.69) is 4.98 Å². The number of ketones is 1. The first-order valence-corrected chi connectivity index (χ1v) is 6.69. The Labute approximate surface area is 128 Å². The van der Waals surface area contributed by atoms with Gasteiger partial charge in [0.05, 0.1) is 10.6 Å². The van der Waals surface area contributed by atoms with E-state index < -0.39 is 23.0 Å². The monoisotopic (exact) mass is 325 g/mol. The van der Waals surface area contributed by atoms with Crippen molar-refractivity contribution < 1.29 is 13.6 Å². The van der Waals surface area contributed by atoms with Gasteiger partial charge in [-0.3, -0.25) is 4.79 Å². The summed E-state index contributed by atoms with van der Waals surface area (Å²) in [7, 11) is 0. The van der Waals surface area contributed by atoms with E-state index in [1.54, 1.807) is 6.07 Å². The molecule has 1 N–H and O–H groups in total. The third kappa shape index (κ3) is 2.30. The van der Waals surface area contributed by atoms with Gasteiger partial charge < -0.3 is 4.98 Å². The number of fused-ring (bicyclic) bond motifs is 1. The van der Waals surface area contributed by atoms with Crippen molar-refractivity contribution in [3.05, 3.63) is 69.3 Å². The molecular formula is C15H7Cl2F2NO. The summed E-state index contributed by atoms with van der Waals surface area (Å²) in [5.74, 6) is -2.61. The quantitative estimate of drug-likeness (QED) is 0.662. The fraction of sp³-hybridized carbons (Fsp3) is 0. The Morgan fingerprint density at radius 1 is 1.10 bits per heavy atom. The number of nitrogens with one attached hydrogen (secondary N) is 1. The Hall–Kier alpha value is -1.91. The van der Waals surface area contributed by atoms with E-state index in [1.165, 1.54) is 18.3 Å². The van der Waals surface area contributed by atoms with Gasteiger partial charge in [-0.25, -0.2) is 8.78 Å². The molecule has 3 rings (SSSR count). The molecule has 0 spiro atoms. The van der Waals surface area contributed by atoms with Crippen molar-refractivity contribution in [1.82, 2.24) is 4.98 Å². The topological polar surface area (TPSA) is 32.9 Å². The van der Waals surface area contributed by atoms with Crippen molar-refractivity contribution in [3.63, 3.8) is 0 Å². The minimum Gasteiger partial charge on any atom is -0.360 e. The molecule has 0 atom stereocenters. The van der Waals surface area contributed by atoms with Crippen LogP contribution in [0.5, 0.6) is 0 Å². The Kier molecular flexibility index (Phi) is 3.43. The van der Waals surface area contributed by atoms with Crippen molar-refractivity contribution in [1.29, 1.82) is 0 Å². The first-order valence-electron chi connectivity index (χ1n) is 5.94. The number of benzene rings is 2. The summed E-state index contributed by atoms with van der Waals surface area (Å²) in [6, 6.07) is 6.31. The zero-order valence-electron chi connectivity index (χ0n) is 10.4. The van der Waals surface area contributed by atoms with Crippen molar-refractivity contribution in [2.45, 2.75) is 0 Å². The molecule has 6 heteroatoms. The van der Waals surface area contributed by atoms with Crippen LogP contribution in [0.1, 0.15) is 15.9 Å². The van der Waals surface area contributed by atoms with Gasteiger partial charge in [-0.1, -0.05) is 29.3 Å². The number of aromatic nitrogens is 1. The zero-order chi connectivity index (χ0) is 15.1. The van der Waals surface area contributed by atoms with Crippen LogP contribution in [0.2, 0.25) is 10.0 Å². The van der Waals surface area contributed by atoms with E-state index in [4.69, 9.17) is 23.2 Å². The number of aromatic amines is 1. The van der Waals surface area contributed by atoms with Crippen LogP contribution in [0.25, 0.3) is 10.9 Å². The van der Waals surface area contributed by atoms with Crippen LogP contribution < -0.4 is 0 Å². The number of halogens is 4. The van der Waals surface area contributed by atoms with Crippen LogP contribution in [-0.4, -0.2) is 10.8 Å². The van der Waals surface area contributed by atoms with E-state index >= 15 is 0 Å². The molecule has 0 aliphatic carbocycles. The SMILES string of the molecule is O=C(c1c(F)cccc1F)c1c[nH]c2cc(Cl)cc(Cl)c12. The van der Waals surface area contributed by atoms with Crippen LogP contribution in [0.4, 0.5) is 8.78 Å². The maximum atomic E-state index is 13.7. The van der Waals surface area contributed by atoms with Gasteiger partial charge in [0, 0.05) is 27.7 Å². The van der Waals surface area contributed by atoms with Gasteiger partial charge in [0.1, 0.15) is 11.6 Å². The van der Waals surface area contributed by atoms with Gasteiger partial charge in [0.2, 0.25) is 5.78 Å². The summed E-state index contributed by atoms with van der Waals surface area (Å²) >= 11 is 11.9. The fourth-order valence-corrected chi connectivity index (χ4v) is 2.81. The summed E-state index contributed by atoms with van der Waals surface area (Å²) in [6.45, 7) is 0. The van der Waals surface area contributed by atoms with Crippen LogP contribution in [0, 0.1) is 11.6 Å². The summed E-state index contributed by atoms with van der Waals surface area (Å²) in [4.78, 5) is 15.2. The van der Waals surface area contributed by atoms with Gasteiger partial charge in [-0.2, -0.15) is 0 Å². The molecule has 3 aromatic rings. The van der Waals surface area contributed by atoms with E-state index in [-0.39, 0.29) is 10.6 Å². The van der Waals surface area contributed by atoms with Gasteiger partial charge in [0.15, 0.2) is 0 Å². The average molecular weight is 326 g/mol. The van der Waals surface area contributed by atoms with Gasteiger partial charge in [0.25, 0.3) is 0 Å². The van der Waals surface area contributed by atoms with E-state index in [0.29, 0.717) is 15.9 Å². The summed E-state index contributed by atoms with van der Waals surface area (Å²) in [5.41, 5.74) is 0.00711. The molecule has 106 valence electrons. The highest BCUT2D eigenvalue weighted by atomic mass is 35.5. The van der Waals surface area contributed by atoms with E-state index in [0.717, 1.165) is 12.1 Å². The molecule has 0 amide bonds. The molecule has 0 fully saturated rings. The predicted molar refractivity (Wildman–Crippen MR) is 78.1 cm³/mol. The first kappa shape index (κ1) is 14.0. The molecule has 0 bridgehead atoms. The summed E-state index contributed by atoms with van der Waals surface area (Å²) in [6.07, 6.45) is 1.36. The Bertz CT molecular complexity index is 853. The zero-order valence-corrected chi connectivity index (χ0v) is 11.9. The molecule has 2 nitrogen and oxygen atoms in total. The molecule has 0 saturated carbocycles. The molecule has 0 unspecified atom stereocenters. The summed E-state index contributed by atoms with van der Waals surface area (Å²) in [5, 5.41) is 1.01. The third-order valence-corrected chi connectivity index (χ3v) is 3.65. The van der Waals surface area contributed by atoms with Crippen molar-refractivity contribution >= 4 is 39.9 Å². The fourth-order valence-electron chi connectivity index (χ4n) is 2.21. The summed E-state index contributed by atoms with van der Waals surface area (Å²) < 4.78 is 27.5. The molecular weight excluding hydrogens is 319 g/mol. The molecule has 21 heavy (non-hydrogen) atoms. The van der Waals surface area contributed by atoms with Crippen LogP contribution in [0.3, 0.4) is 0 Å². The lowest BCUT2D eigenvalue weighted by atomic mass is 10.0. The Balaban J connectivity index is 2.24. The number of hydrogen-bond acceptors (Lipinski definition) is 1. The highest BCUT2D eigenvalue weighted by Gasteiger charge is 2.22. The molecule has 1 aromatic heterocycles. The molecule has 2 aromatic carbocycles. The molecule has 0 aliphatic heterocycles. The Morgan fingerprint density at radius 3 is 2.43 bits per heavy atom. The van der Waals surface area contributed by atoms with Crippen molar-refractivity contribution in [3.8, 4) is 0 Å². The molecule has 0 saturated heterocycles. The Morgan fingerprint density at radius 2 is 1.76 bits per heavy atom. The van der Waals surface area contributed by atoms with Gasteiger partial charge >= 0.3 is 0 Å². The van der Waals surface area contributed by atoms with Crippen LogP contribution in [0.15, 0.2) is 36.5 Å². The lowest BCUT2D eigenvalue weighted by molar-refractivity contribution is 0.103. The third-order valence-electron chi connectivity index (χ3n) is 3.13. The lowest BCUT2D eigenvalue weighted by Gasteiger charge is -2.04. The molecule has 0 aliphatic rings. The number of carbonyl (C=O) groups excluding carboxylic acids is 1. The second kappa shape index (κ2) is 5.13. The average Bonchev–Trinajstić information content (AvgIpc) is 2.82.